The smallest absolute Gasteiger partial charge is 0.321 e. The van der Waals surface area contributed by atoms with E-state index in [2.05, 4.69) is 31.9 Å². The maximum Gasteiger partial charge on any atom is 0.321 e. The highest BCUT2D eigenvalue weighted by molar-refractivity contribution is 9.10. The molecule has 0 N–H and O–H groups in total. The first-order chi connectivity index (χ1) is 13.5. The summed E-state index contributed by atoms with van der Waals surface area (Å²) in [5.41, 5.74) is -1.61. The van der Waals surface area contributed by atoms with Crippen LogP contribution in [0.5, 0.6) is 0 Å². The number of benzene rings is 2. The van der Waals surface area contributed by atoms with Gasteiger partial charge in [0.05, 0.1) is 5.41 Å². The largest absolute Gasteiger partial charge is 0.456 e. The number of cyclic esters (lactones) is 1. The van der Waals surface area contributed by atoms with E-state index < -0.39 is 27.7 Å². The van der Waals surface area contributed by atoms with Gasteiger partial charge in [-0.3, -0.25) is 14.4 Å². The fourth-order valence-electron chi connectivity index (χ4n) is 3.62. The Balaban J connectivity index is 1.97. The standard InChI is InChI=1S/C22H19Br2ClO4/c1-21(2)18(13-4-8-14(23)9-5-13)29-20(28)22(3,19(21)27)17(24)16(26)12-6-10-15(25)11-7-12/h4-11,17-18H,1-3H3/t17-,18+,22-/m1/s1. The van der Waals surface area contributed by atoms with Crippen LogP contribution in [0.15, 0.2) is 53.0 Å². The molecule has 1 heterocycles. The van der Waals surface area contributed by atoms with E-state index in [1.165, 1.54) is 6.92 Å². The second-order valence-electron chi connectivity index (χ2n) is 7.82. The lowest BCUT2D eigenvalue weighted by molar-refractivity contribution is -0.187. The van der Waals surface area contributed by atoms with Gasteiger partial charge >= 0.3 is 5.97 Å². The van der Waals surface area contributed by atoms with Gasteiger partial charge in [-0.2, -0.15) is 0 Å². The van der Waals surface area contributed by atoms with Gasteiger partial charge in [-0.05, 0) is 62.7 Å². The predicted molar refractivity (Wildman–Crippen MR) is 118 cm³/mol. The highest BCUT2D eigenvalue weighted by atomic mass is 79.9. The van der Waals surface area contributed by atoms with E-state index in [4.69, 9.17) is 16.3 Å². The number of ketones is 2. The van der Waals surface area contributed by atoms with Crippen molar-refractivity contribution in [1.82, 2.24) is 0 Å². The van der Waals surface area contributed by atoms with Gasteiger partial charge in [0.25, 0.3) is 0 Å². The summed E-state index contributed by atoms with van der Waals surface area (Å²) in [5.74, 6) is -1.45. The van der Waals surface area contributed by atoms with E-state index in [1.807, 2.05) is 24.3 Å². The quantitative estimate of drug-likeness (QED) is 0.207. The van der Waals surface area contributed by atoms with Crippen molar-refractivity contribution in [2.75, 3.05) is 0 Å². The van der Waals surface area contributed by atoms with Crippen molar-refractivity contribution in [3.8, 4) is 0 Å². The Bertz CT molecular complexity index is 969. The molecule has 1 aliphatic heterocycles. The maximum atomic E-state index is 13.5. The fraction of sp³-hybridized carbons (Fsp3) is 0.318. The predicted octanol–water partition coefficient (Wildman–Crippen LogP) is 5.95. The molecule has 1 saturated heterocycles. The van der Waals surface area contributed by atoms with Gasteiger partial charge in [-0.25, -0.2) is 0 Å². The summed E-state index contributed by atoms with van der Waals surface area (Å²) in [6.45, 7) is 4.93. The van der Waals surface area contributed by atoms with Crippen molar-refractivity contribution in [2.45, 2.75) is 31.7 Å². The van der Waals surface area contributed by atoms with Gasteiger partial charge in [-0.15, -0.1) is 0 Å². The minimum absolute atomic E-state index is 0.349. The molecule has 0 bridgehead atoms. The molecule has 2 aromatic carbocycles. The number of halogens is 3. The molecular formula is C22H19Br2ClO4. The van der Waals surface area contributed by atoms with E-state index in [1.54, 1.807) is 38.1 Å². The topological polar surface area (TPSA) is 60.4 Å². The van der Waals surface area contributed by atoms with Gasteiger partial charge in [0.2, 0.25) is 0 Å². The van der Waals surface area contributed by atoms with Crippen molar-refractivity contribution in [1.29, 1.82) is 0 Å². The van der Waals surface area contributed by atoms with E-state index in [0.717, 1.165) is 10.0 Å². The summed E-state index contributed by atoms with van der Waals surface area (Å²) in [6, 6.07) is 13.6. The number of carbonyl (C=O) groups excluding carboxylic acids is 3. The minimum Gasteiger partial charge on any atom is -0.456 e. The fourth-order valence-corrected chi connectivity index (χ4v) is 4.67. The average Bonchev–Trinajstić information content (AvgIpc) is 2.69. The summed E-state index contributed by atoms with van der Waals surface area (Å²) in [7, 11) is 0. The zero-order valence-corrected chi connectivity index (χ0v) is 20.0. The van der Waals surface area contributed by atoms with Crippen LogP contribution in [0.4, 0.5) is 0 Å². The molecule has 0 radical (unpaired) electrons. The van der Waals surface area contributed by atoms with Crippen LogP contribution in [0.2, 0.25) is 5.02 Å². The van der Waals surface area contributed by atoms with Gasteiger partial charge < -0.3 is 4.74 Å². The molecule has 0 spiro atoms. The molecule has 2 aromatic rings. The molecule has 4 nitrogen and oxygen atoms in total. The number of Topliss-reactive ketones (excluding diaryl/α,β-unsaturated/α-hetero) is 2. The van der Waals surface area contributed by atoms with Gasteiger partial charge in [0.1, 0.15) is 16.3 Å². The molecule has 29 heavy (non-hydrogen) atoms. The maximum absolute atomic E-state index is 13.5. The Morgan fingerprint density at radius 2 is 1.59 bits per heavy atom. The molecular weight excluding hydrogens is 523 g/mol. The number of rotatable bonds is 4. The zero-order valence-electron chi connectivity index (χ0n) is 16.0. The molecule has 0 saturated carbocycles. The third-order valence-electron chi connectivity index (χ3n) is 5.40. The van der Waals surface area contributed by atoms with E-state index in [9.17, 15) is 14.4 Å². The molecule has 1 aliphatic rings. The van der Waals surface area contributed by atoms with Crippen LogP contribution >= 0.6 is 43.5 Å². The van der Waals surface area contributed by atoms with Gasteiger partial charge in [-0.1, -0.05) is 55.6 Å². The Kier molecular flexibility index (Phi) is 6.10. The van der Waals surface area contributed by atoms with Crippen molar-refractivity contribution in [3.05, 3.63) is 69.2 Å². The third kappa shape index (κ3) is 3.82. The Labute approximate surface area is 191 Å². The lowest BCUT2D eigenvalue weighted by Crippen LogP contribution is -2.59. The third-order valence-corrected chi connectivity index (χ3v) is 7.51. The lowest BCUT2D eigenvalue weighted by Gasteiger charge is -2.46. The number of carbonyl (C=O) groups is 3. The summed E-state index contributed by atoms with van der Waals surface area (Å²) >= 11 is 12.6. The summed E-state index contributed by atoms with van der Waals surface area (Å²) < 4.78 is 6.64. The highest BCUT2D eigenvalue weighted by Crippen LogP contribution is 2.50. The van der Waals surface area contributed by atoms with Gasteiger partial charge in [0.15, 0.2) is 11.6 Å². The van der Waals surface area contributed by atoms with Crippen LogP contribution in [0.3, 0.4) is 0 Å². The number of esters is 1. The number of hydrogen-bond donors (Lipinski definition) is 0. The van der Waals surface area contributed by atoms with Crippen LogP contribution in [-0.2, 0) is 14.3 Å². The van der Waals surface area contributed by atoms with Crippen molar-refractivity contribution < 1.29 is 19.1 Å². The van der Waals surface area contributed by atoms with Crippen molar-refractivity contribution in [3.63, 3.8) is 0 Å². The number of hydrogen-bond acceptors (Lipinski definition) is 4. The van der Waals surface area contributed by atoms with E-state index >= 15 is 0 Å². The van der Waals surface area contributed by atoms with E-state index in [0.29, 0.717) is 10.6 Å². The van der Waals surface area contributed by atoms with Crippen LogP contribution in [0, 0.1) is 10.8 Å². The molecule has 0 amide bonds. The molecule has 1 fully saturated rings. The van der Waals surface area contributed by atoms with Crippen molar-refractivity contribution >= 4 is 61.0 Å². The Morgan fingerprint density at radius 1 is 1.03 bits per heavy atom. The molecule has 3 rings (SSSR count). The van der Waals surface area contributed by atoms with E-state index in [-0.39, 0.29) is 11.6 Å². The first-order valence-corrected chi connectivity index (χ1v) is 11.0. The van der Waals surface area contributed by atoms with Crippen LogP contribution in [0.1, 0.15) is 42.8 Å². The first-order valence-electron chi connectivity index (χ1n) is 8.95. The SMILES string of the molecule is CC1(C)C(=O)[C@@](C)([C@H](Br)C(=O)c2ccc(Cl)cc2)C(=O)O[C@H]1c1ccc(Br)cc1. The molecule has 0 aromatic heterocycles. The van der Waals surface area contributed by atoms with Crippen LogP contribution < -0.4 is 0 Å². The van der Waals surface area contributed by atoms with Crippen LogP contribution in [0.25, 0.3) is 0 Å². The minimum atomic E-state index is -1.66. The second kappa shape index (κ2) is 7.97. The zero-order chi connectivity index (χ0) is 21.6. The Morgan fingerprint density at radius 3 is 2.14 bits per heavy atom. The lowest BCUT2D eigenvalue weighted by atomic mass is 9.64. The number of ether oxygens (including phenoxy) is 1. The molecule has 0 aliphatic carbocycles. The van der Waals surface area contributed by atoms with Gasteiger partial charge in [0, 0.05) is 15.1 Å². The molecule has 152 valence electrons. The first kappa shape index (κ1) is 22.2. The molecule has 3 atom stereocenters. The molecule has 7 heteroatoms. The average molecular weight is 543 g/mol. The van der Waals surface area contributed by atoms with Crippen molar-refractivity contribution in [2.24, 2.45) is 10.8 Å². The summed E-state index contributed by atoms with van der Waals surface area (Å²) in [5, 5.41) is 0.491. The monoisotopic (exact) mass is 540 g/mol. The highest BCUT2D eigenvalue weighted by Gasteiger charge is 2.62. The number of alkyl halides is 1. The second-order valence-corrected chi connectivity index (χ2v) is 10.1. The molecule has 0 unspecified atom stereocenters. The van der Waals surface area contributed by atoms with Crippen LogP contribution in [-0.4, -0.2) is 22.4 Å². The summed E-state index contributed by atoms with van der Waals surface area (Å²) in [4.78, 5) is 38.5. The normalized spacial score (nSPS) is 24.7. The Hall–Kier alpha value is -1.50. The summed E-state index contributed by atoms with van der Waals surface area (Å²) in [6.07, 6.45) is -0.742.